The molecule has 112 valence electrons. The summed E-state index contributed by atoms with van der Waals surface area (Å²) < 4.78 is 0. The van der Waals surface area contributed by atoms with E-state index >= 15 is 0 Å². The topological polar surface area (TPSA) is 32.3 Å². The van der Waals surface area contributed by atoms with Crippen molar-refractivity contribution in [2.75, 3.05) is 26.2 Å². The van der Waals surface area contributed by atoms with Crippen LogP contribution in [0.3, 0.4) is 0 Å². The number of hydrogen-bond acceptors (Lipinski definition) is 2. The van der Waals surface area contributed by atoms with Gasteiger partial charge < -0.3 is 10.2 Å². The van der Waals surface area contributed by atoms with E-state index in [1.807, 2.05) is 0 Å². The van der Waals surface area contributed by atoms with Crippen molar-refractivity contribution in [2.45, 2.75) is 58.8 Å². The third-order valence-electron chi connectivity index (χ3n) is 3.29. The third-order valence-corrected chi connectivity index (χ3v) is 3.29. The Morgan fingerprint density at radius 3 is 2.00 bits per heavy atom. The van der Waals surface area contributed by atoms with Crippen LogP contribution in [0.1, 0.15) is 58.8 Å². The molecule has 0 aromatic rings. The van der Waals surface area contributed by atoms with Gasteiger partial charge >= 0.3 is 0 Å². The van der Waals surface area contributed by atoms with Crippen LogP contribution in [0.15, 0.2) is 12.7 Å². The van der Waals surface area contributed by atoms with Crippen LogP contribution >= 0.6 is 0 Å². The van der Waals surface area contributed by atoms with Crippen molar-refractivity contribution in [3.63, 3.8) is 0 Å². The summed E-state index contributed by atoms with van der Waals surface area (Å²) in [6.07, 6.45) is 10.1. The van der Waals surface area contributed by atoms with Crippen molar-refractivity contribution in [3.05, 3.63) is 12.7 Å². The molecular weight excluding hydrogens is 236 g/mol. The van der Waals surface area contributed by atoms with Gasteiger partial charge in [0.1, 0.15) is 0 Å². The van der Waals surface area contributed by atoms with Crippen molar-refractivity contribution in [3.8, 4) is 0 Å². The molecule has 0 saturated heterocycles. The smallest absolute Gasteiger partial charge is 0.243 e. The second kappa shape index (κ2) is 13.6. The molecule has 0 aliphatic heterocycles. The van der Waals surface area contributed by atoms with Gasteiger partial charge in [-0.2, -0.15) is 0 Å². The normalized spacial score (nSPS) is 10.7. The fourth-order valence-electron chi connectivity index (χ4n) is 2.09. The average Bonchev–Trinajstić information content (AvgIpc) is 2.43. The Bertz CT molecular complexity index is 219. The van der Waals surface area contributed by atoms with Crippen molar-refractivity contribution in [1.29, 1.82) is 0 Å². The molecule has 0 aliphatic carbocycles. The molecule has 0 aromatic carbocycles. The van der Waals surface area contributed by atoms with E-state index in [0.29, 0.717) is 0 Å². The molecule has 0 aliphatic rings. The summed E-state index contributed by atoms with van der Waals surface area (Å²) in [6, 6.07) is 0. The number of amides is 1. The van der Waals surface area contributed by atoms with Gasteiger partial charge in [0.05, 0.1) is 0 Å². The quantitative estimate of drug-likeness (QED) is 0.410. The molecule has 0 radical (unpaired) electrons. The minimum Gasteiger partial charge on any atom is -0.353 e. The van der Waals surface area contributed by atoms with E-state index in [-0.39, 0.29) is 5.91 Å². The monoisotopic (exact) mass is 268 g/mol. The molecule has 1 N–H and O–H groups in total. The number of rotatable bonds is 13. The van der Waals surface area contributed by atoms with E-state index in [1.54, 1.807) is 0 Å². The standard InChI is InChI=1S/C16H32N2O/c1-4-7-9-13-18(14-10-8-5-2)15-11-12-17-16(19)6-3/h6H,3-5,7-15H2,1-2H3,(H,17,19). The van der Waals surface area contributed by atoms with Crippen molar-refractivity contribution >= 4 is 5.91 Å². The van der Waals surface area contributed by atoms with Crippen molar-refractivity contribution < 1.29 is 4.79 Å². The predicted octanol–water partition coefficient (Wildman–Crippen LogP) is 3.36. The number of nitrogens with one attached hydrogen (secondary N) is 1. The summed E-state index contributed by atoms with van der Waals surface area (Å²) >= 11 is 0. The van der Waals surface area contributed by atoms with Gasteiger partial charge in [-0.1, -0.05) is 46.1 Å². The zero-order valence-electron chi connectivity index (χ0n) is 12.9. The lowest BCUT2D eigenvalue weighted by Gasteiger charge is -2.22. The van der Waals surface area contributed by atoms with Gasteiger partial charge in [0.2, 0.25) is 5.91 Å². The van der Waals surface area contributed by atoms with Gasteiger partial charge in [0.15, 0.2) is 0 Å². The second-order valence-electron chi connectivity index (χ2n) is 5.10. The van der Waals surface area contributed by atoms with E-state index in [9.17, 15) is 4.79 Å². The molecule has 3 heteroatoms. The van der Waals surface area contributed by atoms with Crippen LogP contribution in [0.25, 0.3) is 0 Å². The Labute approximate surface area is 119 Å². The molecule has 0 aromatic heterocycles. The fraction of sp³-hybridized carbons (Fsp3) is 0.812. The number of unbranched alkanes of at least 4 members (excludes halogenated alkanes) is 4. The maximum absolute atomic E-state index is 11.0. The first-order valence-electron chi connectivity index (χ1n) is 7.87. The van der Waals surface area contributed by atoms with Crippen LogP contribution in [-0.4, -0.2) is 37.0 Å². The Morgan fingerprint density at radius 1 is 1.00 bits per heavy atom. The summed E-state index contributed by atoms with van der Waals surface area (Å²) in [5.41, 5.74) is 0. The molecule has 0 unspecified atom stereocenters. The highest BCUT2D eigenvalue weighted by Crippen LogP contribution is 2.03. The van der Waals surface area contributed by atoms with Gasteiger partial charge in [-0.05, 0) is 45.0 Å². The summed E-state index contributed by atoms with van der Waals surface area (Å²) in [5.74, 6) is -0.0662. The molecule has 0 saturated carbocycles. The molecule has 0 heterocycles. The average molecular weight is 268 g/mol. The van der Waals surface area contributed by atoms with E-state index in [1.165, 1.54) is 57.7 Å². The Hall–Kier alpha value is -0.830. The summed E-state index contributed by atoms with van der Waals surface area (Å²) in [5, 5.41) is 2.84. The minimum absolute atomic E-state index is 0.0662. The predicted molar refractivity (Wildman–Crippen MR) is 83.3 cm³/mol. The van der Waals surface area contributed by atoms with E-state index in [4.69, 9.17) is 0 Å². The van der Waals surface area contributed by atoms with Gasteiger partial charge in [-0.25, -0.2) is 0 Å². The van der Waals surface area contributed by atoms with E-state index in [0.717, 1.165) is 19.5 Å². The first-order chi connectivity index (χ1) is 9.24. The first kappa shape index (κ1) is 18.2. The fourth-order valence-corrected chi connectivity index (χ4v) is 2.09. The summed E-state index contributed by atoms with van der Waals surface area (Å²) in [6.45, 7) is 12.2. The maximum atomic E-state index is 11.0. The molecule has 0 bridgehead atoms. The molecule has 3 nitrogen and oxygen atoms in total. The van der Waals surface area contributed by atoms with Gasteiger partial charge in [-0.3, -0.25) is 4.79 Å². The highest BCUT2D eigenvalue weighted by molar-refractivity contribution is 5.86. The number of nitrogens with zero attached hydrogens (tertiary/aromatic N) is 1. The molecule has 1 amide bonds. The zero-order valence-corrected chi connectivity index (χ0v) is 12.9. The largest absolute Gasteiger partial charge is 0.353 e. The lowest BCUT2D eigenvalue weighted by molar-refractivity contribution is -0.116. The lowest BCUT2D eigenvalue weighted by atomic mass is 10.2. The van der Waals surface area contributed by atoms with Crippen molar-refractivity contribution in [2.24, 2.45) is 0 Å². The van der Waals surface area contributed by atoms with Crippen LogP contribution in [0.4, 0.5) is 0 Å². The van der Waals surface area contributed by atoms with Crippen LogP contribution in [0.5, 0.6) is 0 Å². The molecule has 0 atom stereocenters. The molecular formula is C16H32N2O. The zero-order chi connectivity index (χ0) is 14.3. The number of hydrogen-bond donors (Lipinski definition) is 1. The van der Waals surface area contributed by atoms with Crippen molar-refractivity contribution in [1.82, 2.24) is 10.2 Å². The SMILES string of the molecule is C=CC(=O)NCCCN(CCCCC)CCCCC. The Kier molecular flexibility index (Phi) is 13.0. The Balaban J connectivity index is 3.75. The minimum atomic E-state index is -0.0662. The van der Waals surface area contributed by atoms with Crippen LogP contribution < -0.4 is 5.32 Å². The highest BCUT2D eigenvalue weighted by Gasteiger charge is 2.04. The highest BCUT2D eigenvalue weighted by atomic mass is 16.1. The third kappa shape index (κ3) is 12.0. The lowest BCUT2D eigenvalue weighted by Crippen LogP contribution is -2.30. The molecule has 0 fully saturated rings. The van der Waals surface area contributed by atoms with Gasteiger partial charge in [0, 0.05) is 6.54 Å². The number of carbonyl (C=O) groups is 1. The van der Waals surface area contributed by atoms with Gasteiger partial charge in [0.25, 0.3) is 0 Å². The van der Waals surface area contributed by atoms with Crippen LogP contribution in [-0.2, 0) is 4.79 Å². The van der Waals surface area contributed by atoms with Gasteiger partial charge in [-0.15, -0.1) is 0 Å². The Morgan fingerprint density at radius 2 is 1.53 bits per heavy atom. The number of carbonyl (C=O) groups excluding carboxylic acids is 1. The van der Waals surface area contributed by atoms with Crippen LogP contribution in [0.2, 0.25) is 0 Å². The molecule has 0 rings (SSSR count). The van der Waals surface area contributed by atoms with Crippen LogP contribution in [0, 0.1) is 0 Å². The molecule has 19 heavy (non-hydrogen) atoms. The molecule has 0 spiro atoms. The summed E-state index contributed by atoms with van der Waals surface area (Å²) in [7, 11) is 0. The van der Waals surface area contributed by atoms with E-state index in [2.05, 4.69) is 30.6 Å². The summed E-state index contributed by atoms with van der Waals surface area (Å²) in [4.78, 5) is 13.6. The van der Waals surface area contributed by atoms with E-state index < -0.39 is 0 Å². The maximum Gasteiger partial charge on any atom is 0.243 e. The first-order valence-corrected chi connectivity index (χ1v) is 7.87. The second-order valence-corrected chi connectivity index (χ2v) is 5.10.